The Hall–Kier alpha value is -1.99. The van der Waals surface area contributed by atoms with Crippen LogP contribution in [-0.4, -0.2) is 64.7 Å². The molecular weight excluding hydrogens is 366 g/mol. The van der Waals surface area contributed by atoms with Gasteiger partial charge in [-0.25, -0.2) is 4.68 Å². The highest BCUT2D eigenvalue weighted by Crippen LogP contribution is 2.29. The van der Waals surface area contributed by atoms with Crippen LogP contribution in [0.4, 0.5) is 0 Å². The van der Waals surface area contributed by atoms with Gasteiger partial charge in [0.1, 0.15) is 5.52 Å². The molecule has 0 spiro atoms. The molecule has 0 radical (unpaired) electrons. The molecule has 4 rings (SSSR count). The Balaban J connectivity index is 1.42. The zero-order valence-electron chi connectivity index (χ0n) is 17.6. The maximum absolute atomic E-state index is 12.8. The van der Waals surface area contributed by atoms with Crippen LogP contribution in [0.5, 0.6) is 0 Å². The van der Waals surface area contributed by atoms with E-state index in [2.05, 4.69) is 39.1 Å². The van der Waals surface area contributed by atoms with Gasteiger partial charge in [0.15, 0.2) is 0 Å². The van der Waals surface area contributed by atoms with Crippen molar-refractivity contribution in [3.63, 3.8) is 0 Å². The van der Waals surface area contributed by atoms with Crippen molar-refractivity contribution in [2.45, 2.75) is 58.0 Å². The van der Waals surface area contributed by atoms with Gasteiger partial charge in [-0.1, -0.05) is 38.3 Å². The lowest BCUT2D eigenvalue weighted by Gasteiger charge is -2.36. The fraction of sp³-hybridized carbons (Fsp3) is 0.682. The second-order valence-corrected chi connectivity index (χ2v) is 8.70. The van der Waals surface area contributed by atoms with Crippen molar-refractivity contribution in [2.24, 2.45) is 5.92 Å². The quantitative estimate of drug-likeness (QED) is 0.808. The molecule has 158 valence electrons. The van der Waals surface area contributed by atoms with E-state index in [4.69, 9.17) is 4.74 Å². The van der Waals surface area contributed by atoms with E-state index in [1.54, 1.807) is 0 Å². The largest absolute Gasteiger partial charge is 0.379 e. The SMILES string of the molecule is CC(C)C(CNC(=O)c1ccc2c(c1)nnn2C1CCCCC1)N1CCOCC1. The molecule has 0 bridgehead atoms. The van der Waals surface area contributed by atoms with E-state index in [-0.39, 0.29) is 5.91 Å². The van der Waals surface area contributed by atoms with Crippen molar-refractivity contribution in [1.29, 1.82) is 0 Å². The van der Waals surface area contributed by atoms with Gasteiger partial charge in [0, 0.05) is 31.2 Å². The van der Waals surface area contributed by atoms with Gasteiger partial charge in [0.25, 0.3) is 5.91 Å². The van der Waals surface area contributed by atoms with Crippen LogP contribution in [0.1, 0.15) is 62.4 Å². The van der Waals surface area contributed by atoms with E-state index in [1.807, 2.05) is 18.2 Å². The zero-order valence-corrected chi connectivity index (χ0v) is 17.6. The van der Waals surface area contributed by atoms with Crippen LogP contribution in [0.3, 0.4) is 0 Å². The van der Waals surface area contributed by atoms with Gasteiger partial charge in [0.2, 0.25) is 0 Å². The molecule has 1 atom stereocenters. The molecule has 7 heteroatoms. The first-order chi connectivity index (χ1) is 14.1. The molecule has 2 aliphatic rings. The number of ether oxygens (including phenoxy) is 1. The number of benzene rings is 1. The Kier molecular flexibility index (Phi) is 6.45. The van der Waals surface area contributed by atoms with Gasteiger partial charge < -0.3 is 10.1 Å². The third-order valence-electron chi connectivity index (χ3n) is 6.41. The standard InChI is InChI=1S/C22H33N5O2/c1-16(2)21(26-10-12-29-13-11-26)15-23-22(28)17-8-9-20-19(14-17)24-25-27(20)18-6-4-3-5-7-18/h8-9,14,16,18,21H,3-7,10-13,15H2,1-2H3,(H,23,28). The summed E-state index contributed by atoms with van der Waals surface area (Å²) in [4.78, 5) is 15.2. The van der Waals surface area contributed by atoms with Crippen molar-refractivity contribution in [1.82, 2.24) is 25.2 Å². The molecule has 29 heavy (non-hydrogen) atoms. The smallest absolute Gasteiger partial charge is 0.251 e. The molecule has 1 aliphatic heterocycles. The molecular formula is C22H33N5O2. The number of aromatic nitrogens is 3. The average molecular weight is 400 g/mol. The number of carbonyl (C=O) groups excluding carboxylic acids is 1. The number of nitrogens with zero attached hydrogens (tertiary/aromatic N) is 4. The molecule has 2 aromatic rings. The Morgan fingerprint density at radius 1 is 1.21 bits per heavy atom. The molecule has 7 nitrogen and oxygen atoms in total. The van der Waals surface area contributed by atoms with Crippen LogP contribution in [0, 0.1) is 5.92 Å². The molecule has 2 heterocycles. The number of hydrogen-bond donors (Lipinski definition) is 1. The van der Waals surface area contributed by atoms with Gasteiger partial charge in [-0.2, -0.15) is 0 Å². The van der Waals surface area contributed by atoms with Crippen LogP contribution < -0.4 is 5.32 Å². The fourth-order valence-electron chi connectivity index (χ4n) is 4.67. The summed E-state index contributed by atoms with van der Waals surface area (Å²) in [5, 5.41) is 11.9. The number of carbonyl (C=O) groups is 1. The highest BCUT2D eigenvalue weighted by Gasteiger charge is 2.25. The Labute approximate surface area is 172 Å². The topological polar surface area (TPSA) is 72.3 Å². The highest BCUT2D eigenvalue weighted by atomic mass is 16.5. The fourth-order valence-corrected chi connectivity index (χ4v) is 4.67. The van der Waals surface area contributed by atoms with Gasteiger partial charge in [-0.3, -0.25) is 9.69 Å². The maximum Gasteiger partial charge on any atom is 0.251 e. The van der Waals surface area contributed by atoms with Crippen molar-refractivity contribution in [3.8, 4) is 0 Å². The first-order valence-electron chi connectivity index (χ1n) is 11.1. The minimum Gasteiger partial charge on any atom is -0.379 e. The highest BCUT2D eigenvalue weighted by molar-refractivity contribution is 5.97. The van der Waals surface area contributed by atoms with Gasteiger partial charge in [-0.05, 0) is 37.0 Å². The average Bonchev–Trinajstić information content (AvgIpc) is 3.18. The summed E-state index contributed by atoms with van der Waals surface area (Å²) in [6, 6.07) is 6.53. The number of hydrogen-bond acceptors (Lipinski definition) is 5. The maximum atomic E-state index is 12.8. The monoisotopic (exact) mass is 399 g/mol. The molecule has 1 amide bonds. The summed E-state index contributed by atoms with van der Waals surface area (Å²) in [5.74, 6) is 0.421. The molecule has 1 saturated carbocycles. The molecule has 2 fully saturated rings. The van der Waals surface area contributed by atoms with E-state index in [1.165, 1.54) is 32.1 Å². The number of fused-ring (bicyclic) bond motifs is 1. The van der Waals surface area contributed by atoms with Gasteiger partial charge >= 0.3 is 0 Å². The van der Waals surface area contributed by atoms with E-state index < -0.39 is 0 Å². The number of amides is 1. The first-order valence-corrected chi connectivity index (χ1v) is 11.1. The lowest BCUT2D eigenvalue weighted by molar-refractivity contribution is 0.00673. The first kappa shape index (κ1) is 20.3. The van der Waals surface area contributed by atoms with Crippen LogP contribution in [0.2, 0.25) is 0 Å². The molecule has 1 unspecified atom stereocenters. The van der Waals surface area contributed by atoms with Gasteiger partial charge in [0.05, 0.1) is 24.8 Å². The Morgan fingerprint density at radius 2 is 1.97 bits per heavy atom. The minimum absolute atomic E-state index is 0.0435. The predicted octanol–water partition coefficient (Wildman–Crippen LogP) is 3.02. The second kappa shape index (κ2) is 9.22. The van der Waals surface area contributed by atoms with E-state index in [9.17, 15) is 4.79 Å². The molecule has 1 N–H and O–H groups in total. The van der Waals surface area contributed by atoms with Crippen molar-refractivity contribution in [3.05, 3.63) is 23.8 Å². The third kappa shape index (κ3) is 4.61. The van der Waals surface area contributed by atoms with Crippen molar-refractivity contribution >= 4 is 16.9 Å². The Bertz CT molecular complexity index is 822. The normalized spacial score (nSPS) is 20.2. The lowest BCUT2D eigenvalue weighted by atomic mass is 9.95. The predicted molar refractivity (Wildman–Crippen MR) is 113 cm³/mol. The number of rotatable bonds is 6. The Morgan fingerprint density at radius 3 is 2.69 bits per heavy atom. The van der Waals surface area contributed by atoms with Crippen molar-refractivity contribution in [2.75, 3.05) is 32.8 Å². The van der Waals surface area contributed by atoms with Crippen LogP contribution in [0.15, 0.2) is 18.2 Å². The second-order valence-electron chi connectivity index (χ2n) is 8.70. The van der Waals surface area contributed by atoms with Crippen molar-refractivity contribution < 1.29 is 9.53 Å². The summed E-state index contributed by atoms with van der Waals surface area (Å²) in [6.07, 6.45) is 6.16. The summed E-state index contributed by atoms with van der Waals surface area (Å²) >= 11 is 0. The van der Waals surface area contributed by atoms with E-state index in [0.717, 1.165) is 37.3 Å². The lowest BCUT2D eigenvalue weighted by Crippen LogP contribution is -2.51. The summed E-state index contributed by atoms with van der Waals surface area (Å²) in [5.41, 5.74) is 2.48. The molecule has 1 aromatic heterocycles. The van der Waals surface area contributed by atoms with Crippen LogP contribution >= 0.6 is 0 Å². The summed E-state index contributed by atoms with van der Waals surface area (Å²) in [7, 11) is 0. The molecule has 1 saturated heterocycles. The van der Waals surface area contributed by atoms with Crippen LogP contribution in [0.25, 0.3) is 11.0 Å². The van der Waals surface area contributed by atoms with E-state index >= 15 is 0 Å². The van der Waals surface area contributed by atoms with E-state index in [0.29, 0.717) is 30.1 Å². The molecule has 1 aliphatic carbocycles. The molecule has 1 aromatic carbocycles. The summed E-state index contributed by atoms with van der Waals surface area (Å²) in [6.45, 7) is 8.45. The summed E-state index contributed by atoms with van der Waals surface area (Å²) < 4.78 is 7.53. The van der Waals surface area contributed by atoms with Crippen LogP contribution in [-0.2, 0) is 4.74 Å². The number of morpholine rings is 1. The minimum atomic E-state index is -0.0435. The number of nitrogens with one attached hydrogen (secondary N) is 1. The van der Waals surface area contributed by atoms with Gasteiger partial charge in [-0.15, -0.1) is 5.10 Å². The third-order valence-corrected chi connectivity index (χ3v) is 6.41. The zero-order chi connectivity index (χ0) is 20.2.